The fourth-order valence-corrected chi connectivity index (χ4v) is 3.26. The molecule has 0 radical (unpaired) electrons. The summed E-state index contributed by atoms with van der Waals surface area (Å²) in [4.78, 5) is 12.5. The van der Waals surface area contributed by atoms with E-state index in [-0.39, 0.29) is 5.91 Å². The van der Waals surface area contributed by atoms with Gasteiger partial charge in [-0.3, -0.25) is 4.79 Å². The van der Waals surface area contributed by atoms with Crippen molar-refractivity contribution in [1.82, 2.24) is 5.32 Å². The predicted molar refractivity (Wildman–Crippen MR) is 72.5 cm³/mol. The molecule has 0 aromatic carbocycles. The minimum atomic E-state index is 0.0597. The third-order valence-corrected chi connectivity index (χ3v) is 4.29. The lowest BCUT2D eigenvalue weighted by molar-refractivity contribution is 0.0959. The molecule has 1 rings (SSSR count). The van der Waals surface area contributed by atoms with Gasteiger partial charge in [0.15, 0.2) is 0 Å². The smallest absolute Gasteiger partial charge is 0.261 e. The molecule has 14 heavy (non-hydrogen) atoms. The summed E-state index contributed by atoms with van der Waals surface area (Å²) >= 11 is 5.52. The fraction of sp³-hybridized carbons (Fsp3) is 0.444. The van der Waals surface area contributed by atoms with E-state index in [9.17, 15) is 4.79 Å². The van der Waals surface area contributed by atoms with Gasteiger partial charge >= 0.3 is 0 Å². The van der Waals surface area contributed by atoms with E-state index in [1.165, 1.54) is 0 Å². The van der Waals surface area contributed by atoms with Crippen LogP contribution in [-0.2, 0) is 0 Å². The van der Waals surface area contributed by atoms with Gasteiger partial charge in [-0.05, 0) is 47.4 Å². The molecule has 1 amide bonds. The van der Waals surface area contributed by atoms with Gasteiger partial charge in [-0.1, -0.05) is 0 Å². The summed E-state index contributed by atoms with van der Waals surface area (Å²) < 4.78 is 1.16. The van der Waals surface area contributed by atoms with Crippen LogP contribution in [0, 0.1) is 9.81 Å². The maximum atomic E-state index is 11.6. The molecule has 0 atom stereocenters. The molecule has 0 bridgehead atoms. The van der Waals surface area contributed by atoms with Gasteiger partial charge in [0.2, 0.25) is 0 Å². The molecule has 0 aliphatic rings. The third-order valence-electron chi connectivity index (χ3n) is 1.69. The molecular formula is C9H12INOS2. The van der Waals surface area contributed by atoms with Crippen molar-refractivity contribution in [1.29, 1.82) is 0 Å². The van der Waals surface area contributed by atoms with Gasteiger partial charge in [-0.2, -0.15) is 11.8 Å². The van der Waals surface area contributed by atoms with Crippen molar-refractivity contribution in [3.63, 3.8) is 0 Å². The first-order valence-electron chi connectivity index (χ1n) is 4.18. The van der Waals surface area contributed by atoms with Gasteiger partial charge < -0.3 is 5.32 Å². The number of carbonyl (C=O) groups is 1. The maximum absolute atomic E-state index is 11.6. The van der Waals surface area contributed by atoms with Crippen molar-refractivity contribution < 1.29 is 4.79 Å². The number of thiophene rings is 1. The maximum Gasteiger partial charge on any atom is 0.261 e. The molecule has 1 heterocycles. The molecule has 1 aromatic heterocycles. The van der Waals surface area contributed by atoms with Gasteiger partial charge in [0, 0.05) is 12.3 Å². The highest BCUT2D eigenvalue weighted by Gasteiger charge is 2.11. The van der Waals surface area contributed by atoms with Crippen molar-refractivity contribution >= 4 is 51.6 Å². The predicted octanol–water partition coefficient (Wildman–Crippen LogP) is 2.75. The SMILES string of the molecule is CSCCNC(=O)c1sc(I)cc1C. The average molecular weight is 341 g/mol. The summed E-state index contributed by atoms with van der Waals surface area (Å²) in [5.74, 6) is 1.03. The lowest BCUT2D eigenvalue weighted by atomic mass is 10.3. The second kappa shape index (κ2) is 5.97. The Kier molecular flexibility index (Phi) is 5.25. The van der Waals surface area contributed by atoms with Gasteiger partial charge in [-0.25, -0.2) is 0 Å². The Morgan fingerprint density at radius 3 is 2.93 bits per heavy atom. The summed E-state index contributed by atoms with van der Waals surface area (Å²) in [5.41, 5.74) is 1.07. The van der Waals surface area contributed by atoms with E-state index >= 15 is 0 Å². The highest BCUT2D eigenvalue weighted by Crippen LogP contribution is 2.22. The summed E-state index contributed by atoms with van der Waals surface area (Å²) in [5, 5.41) is 2.90. The first kappa shape index (κ1) is 12.3. The lowest BCUT2D eigenvalue weighted by Gasteiger charge is -2.02. The third kappa shape index (κ3) is 3.43. The number of amides is 1. The number of carbonyl (C=O) groups excluding carboxylic acids is 1. The van der Waals surface area contributed by atoms with Crippen LogP contribution in [0.4, 0.5) is 0 Å². The number of aryl methyl sites for hydroxylation is 1. The molecule has 78 valence electrons. The molecule has 0 saturated carbocycles. The van der Waals surface area contributed by atoms with Crippen LogP contribution < -0.4 is 5.32 Å². The number of nitrogens with one attached hydrogen (secondary N) is 1. The van der Waals surface area contributed by atoms with E-state index in [1.54, 1.807) is 23.1 Å². The van der Waals surface area contributed by atoms with E-state index in [2.05, 4.69) is 27.9 Å². The van der Waals surface area contributed by atoms with E-state index in [0.29, 0.717) is 0 Å². The Balaban J connectivity index is 2.56. The van der Waals surface area contributed by atoms with Crippen LogP contribution in [0.25, 0.3) is 0 Å². The van der Waals surface area contributed by atoms with Crippen LogP contribution in [0.3, 0.4) is 0 Å². The van der Waals surface area contributed by atoms with Crippen molar-refractivity contribution in [3.05, 3.63) is 19.4 Å². The lowest BCUT2D eigenvalue weighted by Crippen LogP contribution is -2.25. The van der Waals surface area contributed by atoms with E-state index in [1.807, 2.05) is 19.2 Å². The highest BCUT2D eigenvalue weighted by atomic mass is 127. The molecule has 5 heteroatoms. The van der Waals surface area contributed by atoms with Crippen LogP contribution in [0.5, 0.6) is 0 Å². The van der Waals surface area contributed by atoms with Crippen molar-refractivity contribution in [3.8, 4) is 0 Å². The summed E-state index contributed by atoms with van der Waals surface area (Å²) in [6.45, 7) is 2.72. The van der Waals surface area contributed by atoms with Gasteiger partial charge in [0.1, 0.15) is 0 Å². The molecule has 1 aromatic rings. The molecule has 1 N–H and O–H groups in total. The van der Waals surface area contributed by atoms with Gasteiger partial charge in [0.05, 0.1) is 7.76 Å². The molecule has 0 unspecified atom stereocenters. The minimum Gasteiger partial charge on any atom is -0.351 e. The monoisotopic (exact) mass is 341 g/mol. The molecular weight excluding hydrogens is 329 g/mol. The quantitative estimate of drug-likeness (QED) is 0.674. The van der Waals surface area contributed by atoms with E-state index < -0.39 is 0 Å². The van der Waals surface area contributed by atoms with Crippen LogP contribution in [0.2, 0.25) is 0 Å². The Morgan fingerprint density at radius 1 is 1.71 bits per heavy atom. The second-order valence-corrected chi connectivity index (χ2v) is 6.74. The standard InChI is InChI=1S/C9H12INOS2/c1-6-5-7(10)14-8(6)9(12)11-3-4-13-2/h5H,3-4H2,1-2H3,(H,11,12). The topological polar surface area (TPSA) is 29.1 Å². The Hall–Kier alpha value is 0.250. The Labute approximate surface area is 106 Å². The highest BCUT2D eigenvalue weighted by molar-refractivity contribution is 14.1. The van der Waals surface area contributed by atoms with Crippen LogP contribution >= 0.6 is 45.7 Å². The summed E-state index contributed by atoms with van der Waals surface area (Å²) in [6, 6.07) is 2.04. The van der Waals surface area contributed by atoms with E-state index in [4.69, 9.17) is 0 Å². The van der Waals surface area contributed by atoms with Crippen LogP contribution in [0.1, 0.15) is 15.2 Å². The first-order valence-corrected chi connectivity index (χ1v) is 7.47. The number of thioether (sulfide) groups is 1. The van der Waals surface area contributed by atoms with Crippen molar-refractivity contribution in [2.45, 2.75) is 6.92 Å². The van der Waals surface area contributed by atoms with E-state index in [0.717, 1.165) is 25.6 Å². The van der Waals surface area contributed by atoms with Crippen molar-refractivity contribution in [2.75, 3.05) is 18.6 Å². The fourth-order valence-electron chi connectivity index (χ4n) is 1.02. The Bertz CT molecular complexity index is 325. The zero-order chi connectivity index (χ0) is 10.6. The molecule has 0 saturated heterocycles. The molecule has 0 aliphatic heterocycles. The molecule has 2 nitrogen and oxygen atoms in total. The summed E-state index contributed by atoms with van der Waals surface area (Å²) in [7, 11) is 0. The number of hydrogen-bond acceptors (Lipinski definition) is 3. The normalized spacial score (nSPS) is 10.2. The number of halogens is 1. The molecule has 0 fully saturated rings. The number of hydrogen-bond donors (Lipinski definition) is 1. The largest absolute Gasteiger partial charge is 0.351 e. The Morgan fingerprint density at radius 2 is 2.43 bits per heavy atom. The second-order valence-electron chi connectivity index (χ2n) is 2.81. The van der Waals surface area contributed by atoms with Crippen LogP contribution in [-0.4, -0.2) is 24.5 Å². The zero-order valence-electron chi connectivity index (χ0n) is 8.09. The minimum absolute atomic E-state index is 0.0597. The zero-order valence-corrected chi connectivity index (χ0v) is 11.9. The summed E-state index contributed by atoms with van der Waals surface area (Å²) in [6.07, 6.45) is 2.03. The first-order chi connectivity index (χ1) is 6.65. The average Bonchev–Trinajstić information content (AvgIpc) is 2.45. The van der Waals surface area contributed by atoms with Crippen molar-refractivity contribution in [2.24, 2.45) is 0 Å². The molecule has 0 spiro atoms. The van der Waals surface area contributed by atoms with Gasteiger partial charge in [-0.15, -0.1) is 11.3 Å². The van der Waals surface area contributed by atoms with Gasteiger partial charge in [0.25, 0.3) is 5.91 Å². The number of rotatable bonds is 4. The molecule has 0 aliphatic carbocycles. The van der Waals surface area contributed by atoms with Crippen LogP contribution in [0.15, 0.2) is 6.07 Å².